The highest BCUT2D eigenvalue weighted by Gasteiger charge is 2.19. The number of nitrogens with zero attached hydrogens (tertiary/aromatic N) is 1. The highest BCUT2D eigenvalue weighted by atomic mass is 35.5. The second-order valence-corrected chi connectivity index (χ2v) is 3.24. The third kappa shape index (κ3) is 2.85. The van der Waals surface area contributed by atoms with Crippen molar-refractivity contribution in [1.82, 2.24) is 4.98 Å². The molecule has 1 heterocycles. The Morgan fingerprint density at radius 2 is 2.19 bits per heavy atom. The van der Waals surface area contributed by atoms with Gasteiger partial charge in [0.25, 0.3) is 6.43 Å². The predicted molar refractivity (Wildman–Crippen MR) is 50.0 cm³/mol. The summed E-state index contributed by atoms with van der Waals surface area (Å²) in [7, 11) is 0. The SMILES string of the molecule is O=C(O)Cc1cc(C(F)F)c(F)c(CCl)n1. The number of hydrogen-bond acceptors (Lipinski definition) is 2. The van der Waals surface area contributed by atoms with Gasteiger partial charge in [-0.1, -0.05) is 0 Å². The van der Waals surface area contributed by atoms with Gasteiger partial charge in [0.1, 0.15) is 0 Å². The molecule has 0 aromatic carbocycles. The number of hydrogen-bond donors (Lipinski definition) is 1. The van der Waals surface area contributed by atoms with Gasteiger partial charge in [0.15, 0.2) is 5.82 Å². The zero-order chi connectivity index (χ0) is 12.3. The first-order valence-corrected chi connectivity index (χ1v) is 4.73. The standard InChI is InChI=1S/C9H7ClF3NO2/c10-3-6-8(11)5(9(12)13)1-4(14-6)2-7(15)16/h1,9H,2-3H2,(H,15,16). The molecule has 1 rings (SSSR count). The number of alkyl halides is 3. The second kappa shape index (κ2) is 5.16. The number of carboxylic acid groups (broad SMARTS) is 1. The van der Waals surface area contributed by atoms with Crippen molar-refractivity contribution in [3.8, 4) is 0 Å². The lowest BCUT2D eigenvalue weighted by molar-refractivity contribution is -0.136. The molecule has 0 aliphatic heterocycles. The van der Waals surface area contributed by atoms with Crippen LogP contribution in [0, 0.1) is 5.82 Å². The van der Waals surface area contributed by atoms with Gasteiger partial charge in [-0.2, -0.15) is 0 Å². The van der Waals surface area contributed by atoms with E-state index >= 15 is 0 Å². The number of pyridine rings is 1. The van der Waals surface area contributed by atoms with Crippen molar-refractivity contribution in [2.75, 3.05) is 0 Å². The zero-order valence-corrected chi connectivity index (χ0v) is 8.64. The fourth-order valence-corrected chi connectivity index (χ4v) is 1.33. The van der Waals surface area contributed by atoms with E-state index in [4.69, 9.17) is 16.7 Å². The molecule has 7 heteroatoms. The zero-order valence-electron chi connectivity index (χ0n) is 7.88. The molecule has 1 N–H and O–H groups in total. The maximum absolute atomic E-state index is 13.3. The van der Waals surface area contributed by atoms with E-state index in [1.165, 1.54) is 0 Å². The van der Waals surface area contributed by atoms with Crippen molar-refractivity contribution in [3.63, 3.8) is 0 Å². The number of aliphatic carboxylic acids is 1. The molecule has 0 bridgehead atoms. The number of rotatable bonds is 4. The smallest absolute Gasteiger partial charge is 0.309 e. The van der Waals surface area contributed by atoms with E-state index in [-0.39, 0.29) is 17.3 Å². The Morgan fingerprint density at radius 3 is 2.62 bits per heavy atom. The Balaban J connectivity index is 3.22. The molecule has 0 aliphatic carbocycles. The number of carboxylic acids is 1. The van der Waals surface area contributed by atoms with Crippen molar-refractivity contribution in [2.45, 2.75) is 18.7 Å². The quantitative estimate of drug-likeness (QED) is 0.839. The molecule has 0 unspecified atom stereocenters. The van der Waals surface area contributed by atoms with Crippen LogP contribution in [0.5, 0.6) is 0 Å². The van der Waals surface area contributed by atoms with Gasteiger partial charge >= 0.3 is 5.97 Å². The Bertz CT molecular complexity index is 412. The van der Waals surface area contributed by atoms with Crippen molar-refractivity contribution in [2.24, 2.45) is 0 Å². The molecule has 0 amide bonds. The summed E-state index contributed by atoms with van der Waals surface area (Å²) < 4.78 is 38.1. The number of halogens is 4. The average molecular weight is 254 g/mol. The minimum Gasteiger partial charge on any atom is -0.481 e. The molecule has 0 atom stereocenters. The number of aromatic nitrogens is 1. The molecule has 1 aromatic heterocycles. The van der Waals surface area contributed by atoms with Crippen LogP contribution in [0.4, 0.5) is 13.2 Å². The average Bonchev–Trinajstić information content (AvgIpc) is 2.19. The molecule has 0 fully saturated rings. The molecule has 1 aromatic rings. The summed E-state index contributed by atoms with van der Waals surface area (Å²) >= 11 is 5.32. The van der Waals surface area contributed by atoms with Crippen LogP contribution in [0.2, 0.25) is 0 Å². The Morgan fingerprint density at radius 1 is 1.56 bits per heavy atom. The lowest BCUT2D eigenvalue weighted by atomic mass is 10.1. The molecule has 0 aliphatic rings. The van der Waals surface area contributed by atoms with Crippen LogP contribution in [0.1, 0.15) is 23.4 Å². The van der Waals surface area contributed by atoms with E-state index < -0.39 is 30.2 Å². The van der Waals surface area contributed by atoms with Crippen molar-refractivity contribution >= 4 is 17.6 Å². The number of carbonyl (C=O) groups is 1. The Labute approximate surface area is 93.9 Å². The first kappa shape index (κ1) is 12.8. The van der Waals surface area contributed by atoms with Crippen molar-refractivity contribution in [3.05, 3.63) is 28.8 Å². The van der Waals surface area contributed by atoms with Crippen LogP contribution >= 0.6 is 11.6 Å². The van der Waals surface area contributed by atoms with Crippen LogP contribution in [0.3, 0.4) is 0 Å². The third-order valence-electron chi connectivity index (χ3n) is 1.80. The van der Waals surface area contributed by atoms with E-state index in [2.05, 4.69) is 4.98 Å². The summed E-state index contributed by atoms with van der Waals surface area (Å²) in [5.41, 5.74) is -1.38. The first-order chi connectivity index (χ1) is 7.45. The van der Waals surface area contributed by atoms with Gasteiger partial charge < -0.3 is 5.11 Å². The fraction of sp³-hybridized carbons (Fsp3) is 0.333. The predicted octanol–water partition coefficient (Wildman–Crippen LogP) is 2.52. The minimum absolute atomic E-state index is 0.139. The maximum atomic E-state index is 13.3. The first-order valence-electron chi connectivity index (χ1n) is 4.19. The van der Waals surface area contributed by atoms with Crippen molar-refractivity contribution in [1.29, 1.82) is 0 Å². The molecular formula is C9H7ClF3NO2. The van der Waals surface area contributed by atoms with Gasteiger partial charge in [0.05, 0.1) is 29.3 Å². The normalized spacial score (nSPS) is 10.8. The van der Waals surface area contributed by atoms with E-state index in [1.54, 1.807) is 0 Å². The molecule has 0 spiro atoms. The van der Waals surface area contributed by atoms with Gasteiger partial charge in [0.2, 0.25) is 0 Å². The van der Waals surface area contributed by atoms with Gasteiger partial charge in [0, 0.05) is 0 Å². The van der Waals surface area contributed by atoms with Gasteiger partial charge in [-0.05, 0) is 6.07 Å². The Hall–Kier alpha value is -1.30. The summed E-state index contributed by atoms with van der Waals surface area (Å²) in [5, 5.41) is 8.48. The second-order valence-electron chi connectivity index (χ2n) is 2.97. The minimum atomic E-state index is -3.03. The molecule has 0 radical (unpaired) electrons. The summed E-state index contributed by atoms with van der Waals surface area (Å²) in [6.07, 6.45) is -3.58. The lowest BCUT2D eigenvalue weighted by Gasteiger charge is -2.07. The topological polar surface area (TPSA) is 50.2 Å². The molecule has 16 heavy (non-hydrogen) atoms. The van der Waals surface area contributed by atoms with Crippen molar-refractivity contribution < 1.29 is 23.1 Å². The van der Waals surface area contributed by atoms with E-state index in [1.807, 2.05) is 0 Å². The monoisotopic (exact) mass is 253 g/mol. The highest BCUT2D eigenvalue weighted by molar-refractivity contribution is 6.16. The van der Waals surface area contributed by atoms with Crippen LogP contribution in [-0.4, -0.2) is 16.1 Å². The fourth-order valence-electron chi connectivity index (χ4n) is 1.16. The van der Waals surface area contributed by atoms with E-state index in [0.29, 0.717) is 0 Å². The van der Waals surface area contributed by atoms with Crippen LogP contribution < -0.4 is 0 Å². The lowest BCUT2D eigenvalue weighted by Crippen LogP contribution is -2.08. The molecule has 0 saturated carbocycles. The summed E-state index contributed by atoms with van der Waals surface area (Å²) in [6, 6.07) is 0.740. The van der Waals surface area contributed by atoms with Gasteiger partial charge in [-0.3, -0.25) is 9.78 Å². The maximum Gasteiger partial charge on any atom is 0.309 e. The summed E-state index contributed by atoms with van der Waals surface area (Å²) in [5.74, 6) is -2.81. The van der Waals surface area contributed by atoms with Crippen LogP contribution in [-0.2, 0) is 17.1 Å². The van der Waals surface area contributed by atoms with E-state index in [0.717, 1.165) is 6.07 Å². The molecule has 3 nitrogen and oxygen atoms in total. The highest BCUT2D eigenvalue weighted by Crippen LogP contribution is 2.25. The largest absolute Gasteiger partial charge is 0.481 e. The van der Waals surface area contributed by atoms with Crippen LogP contribution in [0.15, 0.2) is 6.07 Å². The molecule has 0 saturated heterocycles. The van der Waals surface area contributed by atoms with Gasteiger partial charge in [-0.25, -0.2) is 13.2 Å². The van der Waals surface area contributed by atoms with Gasteiger partial charge in [-0.15, -0.1) is 11.6 Å². The Kier molecular flexibility index (Phi) is 4.12. The third-order valence-corrected chi connectivity index (χ3v) is 2.05. The summed E-state index contributed by atoms with van der Waals surface area (Å²) in [4.78, 5) is 13.9. The van der Waals surface area contributed by atoms with E-state index in [9.17, 15) is 18.0 Å². The molecule has 88 valence electrons. The summed E-state index contributed by atoms with van der Waals surface area (Å²) in [6.45, 7) is 0. The molecular weight excluding hydrogens is 247 g/mol. The van der Waals surface area contributed by atoms with Crippen LogP contribution in [0.25, 0.3) is 0 Å².